The van der Waals surface area contributed by atoms with E-state index in [1.807, 2.05) is 0 Å². The van der Waals surface area contributed by atoms with Gasteiger partial charge in [0.05, 0.1) is 7.11 Å². The summed E-state index contributed by atoms with van der Waals surface area (Å²) in [6, 6.07) is 21.7. The third-order valence-corrected chi connectivity index (χ3v) is 13.3. The molecule has 0 amide bonds. The van der Waals surface area contributed by atoms with E-state index in [1.54, 1.807) is 94.7 Å². The molecule has 0 heterocycles. The van der Waals surface area contributed by atoms with Gasteiger partial charge in [0.2, 0.25) is 0 Å². The molecular weight excluding hydrogens is 520 g/mol. The fourth-order valence-electron chi connectivity index (χ4n) is 12.1. The van der Waals surface area contributed by atoms with E-state index < -0.39 is 0 Å². The largest absolute Gasteiger partial charge is 0.497 e. The van der Waals surface area contributed by atoms with E-state index in [4.69, 9.17) is 4.74 Å². The molecule has 0 aromatic heterocycles. The molecule has 0 N–H and O–H groups in total. The van der Waals surface area contributed by atoms with E-state index in [0.717, 1.165) is 25.0 Å². The molecule has 3 unspecified atom stereocenters. The normalized spacial score (nSPS) is 25.2. The molecule has 1 heteroatoms. The van der Waals surface area contributed by atoms with Crippen molar-refractivity contribution in [1.82, 2.24) is 0 Å². The number of rotatable bonds is 4. The van der Waals surface area contributed by atoms with Gasteiger partial charge in [0.1, 0.15) is 5.75 Å². The molecule has 0 radical (unpaired) electrons. The number of benzene rings is 7. The van der Waals surface area contributed by atoms with Gasteiger partial charge in [-0.25, -0.2) is 0 Å². The summed E-state index contributed by atoms with van der Waals surface area (Å²) in [5.74, 6) is 1.41. The van der Waals surface area contributed by atoms with Crippen molar-refractivity contribution < 1.29 is 4.74 Å². The second-order valence-corrected chi connectivity index (χ2v) is 14.7. The molecule has 1 saturated carbocycles. The fraction of sp³-hybridized carbons (Fsp3) is 0.238. The lowest BCUT2D eigenvalue weighted by atomic mass is 9.74. The van der Waals surface area contributed by atoms with Crippen molar-refractivity contribution in [3.8, 4) is 5.75 Å². The Labute approximate surface area is 248 Å². The number of hydrogen-bond donors (Lipinski definition) is 0. The van der Waals surface area contributed by atoms with Crippen molar-refractivity contribution in [2.45, 2.75) is 50.4 Å². The summed E-state index contributed by atoms with van der Waals surface area (Å²) in [7, 11) is 1.78. The van der Waals surface area contributed by atoms with Crippen molar-refractivity contribution in [3.05, 3.63) is 105 Å². The second-order valence-electron chi connectivity index (χ2n) is 14.7. The molecule has 0 aliphatic heterocycles. The summed E-state index contributed by atoms with van der Waals surface area (Å²) in [6.07, 6.45) is 7.24. The molecule has 0 saturated heterocycles. The van der Waals surface area contributed by atoms with E-state index in [2.05, 4.69) is 74.5 Å². The van der Waals surface area contributed by atoms with Gasteiger partial charge in [0, 0.05) is 16.7 Å². The van der Waals surface area contributed by atoms with Crippen molar-refractivity contribution in [1.29, 1.82) is 0 Å². The quantitative estimate of drug-likeness (QED) is 0.199. The molecule has 5 aliphatic carbocycles. The van der Waals surface area contributed by atoms with Gasteiger partial charge in [-0.3, -0.25) is 0 Å². The van der Waals surface area contributed by atoms with Crippen molar-refractivity contribution >= 4 is 70.2 Å². The molecule has 8 aromatic carbocycles. The predicted octanol–water partition coefficient (Wildman–Crippen LogP) is 9.92. The minimum atomic E-state index is -0.00936. The molecule has 202 valence electrons. The Balaban J connectivity index is 1.35. The molecule has 1 fully saturated rings. The summed E-state index contributed by atoms with van der Waals surface area (Å²) in [5.41, 5.74) is 14.4. The van der Waals surface area contributed by atoms with Gasteiger partial charge in [-0.15, -0.1) is 0 Å². The Morgan fingerprint density at radius 2 is 1.35 bits per heavy atom. The highest BCUT2D eigenvalue weighted by Crippen LogP contribution is 2.82. The second kappa shape index (κ2) is 6.02. The smallest absolute Gasteiger partial charge is 0.118 e. The summed E-state index contributed by atoms with van der Waals surface area (Å²) < 4.78 is 5.63. The van der Waals surface area contributed by atoms with Crippen LogP contribution in [-0.2, 0) is 30.1 Å². The van der Waals surface area contributed by atoms with Crippen LogP contribution in [0.25, 0.3) is 70.2 Å². The van der Waals surface area contributed by atoms with Crippen LogP contribution in [-0.4, -0.2) is 7.11 Å². The number of ether oxygens (including phenoxy) is 1. The molecule has 0 bridgehead atoms. The van der Waals surface area contributed by atoms with E-state index in [9.17, 15) is 0 Å². The van der Waals surface area contributed by atoms with Crippen molar-refractivity contribution in [2.75, 3.05) is 7.11 Å². The maximum Gasteiger partial charge on any atom is 0.118 e. The third-order valence-electron chi connectivity index (χ3n) is 13.3. The maximum absolute atomic E-state index is 5.63. The Morgan fingerprint density at radius 3 is 2.09 bits per heavy atom. The van der Waals surface area contributed by atoms with E-state index in [0.29, 0.717) is 5.92 Å². The first-order chi connectivity index (χ1) is 21.1. The standard InChI is InChI=1S/C42H28O/c1-4-5-20-14-23-15-21-12-18-6-7-19-13-22-16-24-17-27-41(2,25-8-10-26(43-3)11-9-25)42(27)39(20)37-31(23)30(21)34-28(18)29(19)35-32(22)33(24)40(42)38(37)36(34)35/h6-14,17,27H,4-5,15-16H2,1-3H3. The van der Waals surface area contributed by atoms with Crippen LogP contribution < -0.4 is 4.74 Å². The van der Waals surface area contributed by atoms with Crippen LogP contribution in [0.1, 0.15) is 64.8 Å². The average Bonchev–Trinajstić information content (AvgIpc) is 3.52. The van der Waals surface area contributed by atoms with Gasteiger partial charge in [-0.2, -0.15) is 0 Å². The number of hydrogen-bond acceptors (Lipinski definition) is 1. The first-order valence-corrected chi connectivity index (χ1v) is 16.3. The Hall–Kier alpha value is -4.36. The molecule has 1 nitrogen and oxygen atoms in total. The van der Waals surface area contributed by atoms with Gasteiger partial charge >= 0.3 is 0 Å². The van der Waals surface area contributed by atoms with Gasteiger partial charge in [-0.05, 0) is 146 Å². The first kappa shape index (κ1) is 21.3. The van der Waals surface area contributed by atoms with E-state index in [1.165, 1.54) is 33.5 Å². The van der Waals surface area contributed by atoms with Crippen LogP contribution in [0.15, 0.2) is 60.7 Å². The Morgan fingerprint density at radius 1 is 0.698 bits per heavy atom. The maximum atomic E-state index is 5.63. The fourth-order valence-corrected chi connectivity index (χ4v) is 12.1. The lowest BCUT2D eigenvalue weighted by molar-refractivity contribution is 0.414. The lowest BCUT2D eigenvalue weighted by Crippen LogP contribution is -2.22. The van der Waals surface area contributed by atoms with Gasteiger partial charge in [0.25, 0.3) is 0 Å². The molecule has 3 atom stereocenters. The lowest BCUT2D eigenvalue weighted by Gasteiger charge is -2.27. The molecule has 43 heavy (non-hydrogen) atoms. The summed E-state index contributed by atoms with van der Waals surface area (Å²) >= 11 is 0. The Bertz CT molecular complexity index is 2720. The van der Waals surface area contributed by atoms with Gasteiger partial charge < -0.3 is 4.74 Å². The number of methoxy groups -OCH3 is 1. The summed E-state index contributed by atoms with van der Waals surface area (Å²) in [4.78, 5) is 0. The highest BCUT2D eigenvalue weighted by atomic mass is 16.5. The highest BCUT2D eigenvalue weighted by molar-refractivity contribution is 6.51. The Kier molecular flexibility index (Phi) is 2.99. The number of allylic oxidation sites excluding steroid dienone is 2. The summed E-state index contributed by atoms with van der Waals surface area (Å²) in [5, 5.41) is 18.8. The predicted molar refractivity (Wildman–Crippen MR) is 178 cm³/mol. The van der Waals surface area contributed by atoms with E-state index >= 15 is 0 Å². The average molecular weight is 549 g/mol. The van der Waals surface area contributed by atoms with Crippen LogP contribution >= 0.6 is 0 Å². The molecule has 1 spiro atoms. The molecule has 13 rings (SSSR count). The van der Waals surface area contributed by atoms with Gasteiger partial charge in [0.15, 0.2) is 0 Å². The molecule has 8 aromatic rings. The summed E-state index contributed by atoms with van der Waals surface area (Å²) in [6.45, 7) is 4.97. The van der Waals surface area contributed by atoms with E-state index in [-0.39, 0.29) is 10.8 Å². The topological polar surface area (TPSA) is 9.23 Å². The van der Waals surface area contributed by atoms with Crippen LogP contribution in [0.2, 0.25) is 0 Å². The van der Waals surface area contributed by atoms with Crippen LogP contribution in [0.5, 0.6) is 5.75 Å². The van der Waals surface area contributed by atoms with Crippen LogP contribution in [0, 0.1) is 5.92 Å². The van der Waals surface area contributed by atoms with Gasteiger partial charge in [-0.1, -0.05) is 68.8 Å². The molecule has 5 aliphatic rings. The monoisotopic (exact) mass is 548 g/mol. The van der Waals surface area contributed by atoms with Crippen LogP contribution in [0.4, 0.5) is 0 Å². The SMILES string of the molecule is CCCc1cc2c3c4c1C15c6c7c8c(cc9ccc%10cc(c3c3c%10c9c8c3c64)C2)CC7=CC1C5(C)c1ccc(OC)cc1. The van der Waals surface area contributed by atoms with Crippen molar-refractivity contribution in [2.24, 2.45) is 5.92 Å². The number of aryl methyl sites for hydroxylation is 1. The minimum absolute atomic E-state index is 0.00718. The zero-order valence-corrected chi connectivity index (χ0v) is 24.6. The zero-order chi connectivity index (χ0) is 27.9. The minimum Gasteiger partial charge on any atom is -0.497 e. The highest BCUT2D eigenvalue weighted by Gasteiger charge is 2.79. The molecular formula is C42H28O. The van der Waals surface area contributed by atoms with Crippen LogP contribution in [0.3, 0.4) is 0 Å². The van der Waals surface area contributed by atoms with Crippen molar-refractivity contribution in [3.63, 3.8) is 0 Å². The zero-order valence-electron chi connectivity index (χ0n) is 24.6. The first-order valence-electron chi connectivity index (χ1n) is 16.3. The third kappa shape index (κ3) is 1.76.